The van der Waals surface area contributed by atoms with Crippen molar-refractivity contribution in [2.24, 2.45) is 11.7 Å². The smallest absolute Gasteiger partial charge is 0.236 e. The van der Waals surface area contributed by atoms with Crippen molar-refractivity contribution < 1.29 is 4.79 Å². The molecule has 0 fully saturated rings. The maximum absolute atomic E-state index is 11.6. The Labute approximate surface area is 108 Å². The number of amides is 1. The van der Waals surface area contributed by atoms with Gasteiger partial charge >= 0.3 is 0 Å². The Morgan fingerprint density at radius 1 is 1.39 bits per heavy atom. The van der Waals surface area contributed by atoms with E-state index in [1.165, 1.54) is 0 Å². The number of carbonyl (C=O) groups excluding carboxylic acids is 1. The Bertz CT molecular complexity index is 353. The summed E-state index contributed by atoms with van der Waals surface area (Å²) < 4.78 is 0. The molecule has 1 aromatic rings. The quantitative estimate of drug-likeness (QED) is 0.630. The highest BCUT2D eigenvalue weighted by Crippen LogP contribution is 2.02. The monoisotopic (exact) mass is 250 g/mol. The minimum absolute atomic E-state index is 0.0912. The summed E-state index contributed by atoms with van der Waals surface area (Å²) in [5.74, 6) is 1.14. The molecular weight excluding hydrogens is 228 g/mol. The lowest BCUT2D eigenvalue weighted by Gasteiger charge is -2.14. The van der Waals surface area contributed by atoms with Crippen molar-refractivity contribution in [1.29, 1.82) is 0 Å². The number of hydrogen-bond acceptors (Lipinski definition) is 4. The average molecular weight is 250 g/mol. The van der Waals surface area contributed by atoms with E-state index in [1.54, 1.807) is 6.20 Å². The normalized spacial score (nSPS) is 12.2. The third-order valence-electron chi connectivity index (χ3n) is 2.46. The molecule has 18 heavy (non-hydrogen) atoms. The summed E-state index contributed by atoms with van der Waals surface area (Å²) in [4.78, 5) is 15.7. The highest BCUT2D eigenvalue weighted by molar-refractivity contribution is 5.81. The van der Waals surface area contributed by atoms with Gasteiger partial charge in [-0.15, -0.1) is 0 Å². The van der Waals surface area contributed by atoms with E-state index in [4.69, 9.17) is 5.73 Å². The van der Waals surface area contributed by atoms with E-state index in [9.17, 15) is 4.79 Å². The molecule has 0 aromatic carbocycles. The fourth-order valence-electron chi connectivity index (χ4n) is 1.59. The second kappa shape index (κ2) is 7.66. The SMILES string of the molecule is CC(C)C[C@H](N)C(=O)NCCNc1ccccn1. The van der Waals surface area contributed by atoms with Gasteiger partial charge in [-0.1, -0.05) is 19.9 Å². The van der Waals surface area contributed by atoms with Gasteiger partial charge in [-0.05, 0) is 24.5 Å². The summed E-state index contributed by atoms with van der Waals surface area (Å²) in [5.41, 5.74) is 5.77. The van der Waals surface area contributed by atoms with Crippen LogP contribution in [0.3, 0.4) is 0 Å². The molecule has 5 heteroatoms. The first-order chi connectivity index (χ1) is 8.59. The predicted molar refractivity (Wildman–Crippen MR) is 73.2 cm³/mol. The highest BCUT2D eigenvalue weighted by atomic mass is 16.2. The van der Waals surface area contributed by atoms with Gasteiger partial charge in [-0.2, -0.15) is 0 Å². The van der Waals surface area contributed by atoms with Gasteiger partial charge in [0.05, 0.1) is 6.04 Å². The number of pyridine rings is 1. The van der Waals surface area contributed by atoms with Crippen LogP contribution in [0.5, 0.6) is 0 Å². The van der Waals surface area contributed by atoms with E-state index in [-0.39, 0.29) is 5.91 Å². The van der Waals surface area contributed by atoms with Gasteiger partial charge < -0.3 is 16.4 Å². The van der Waals surface area contributed by atoms with Gasteiger partial charge in [0.1, 0.15) is 5.82 Å². The number of nitrogens with two attached hydrogens (primary N) is 1. The van der Waals surface area contributed by atoms with Crippen LogP contribution in [-0.4, -0.2) is 30.0 Å². The minimum atomic E-state index is -0.417. The van der Waals surface area contributed by atoms with Crippen molar-refractivity contribution in [3.05, 3.63) is 24.4 Å². The maximum atomic E-state index is 11.6. The van der Waals surface area contributed by atoms with Gasteiger partial charge in [0.2, 0.25) is 5.91 Å². The molecule has 1 amide bonds. The second-order valence-electron chi connectivity index (χ2n) is 4.67. The summed E-state index contributed by atoms with van der Waals surface area (Å²) in [6, 6.07) is 5.23. The molecule has 0 aliphatic rings. The van der Waals surface area contributed by atoms with E-state index in [0.717, 1.165) is 5.82 Å². The Kier molecular flexibility index (Phi) is 6.14. The molecule has 0 spiro atoms. The lowest BCUT2D eigenvalue weighted by atomic mass is 10.0. The number of nitrogens with one attached hydrogen (secondary N) is 2. The first-order valence-corrected chi connectivity index (χ1v) is 6.27. The zero-order chi connectivity index (χ0) is 13.4. The van der Waals surface area contributed by atoms with E-state index in [1.807, 2.05) is 18.2 Å². The number of carbonyl (C=O) groups is 1. The van der Waals surface area contributed by atoms with Crippen LogP contribution in [0.15, 0.2) is 24.4 Å². The van der Waals surface area contributed by atoms with E-state index < -0.39 is 6.04 Å². The molecule has 0 saturated carbocycles. The van der Waals surface area contributed by atoms with Crippen LogP contribution in [0.2, 0.25) is 0 Å². The number of nitrogens with zero attached hydrogens (tertiary/aromatic N) is 1. The molecule has 100 valence electrons. The van der Waals surface area contributed by atoms with Crippen molar-refractivity contribution >= 4 is 11.7 Å². The molecular formula is C13H22N4O. The van der Waals surface area contributed by atoms with Gasteiger partial charge in [0, 0.05) is 19.3 Å². The van der Waals surface area contributed by atoms with E-state index in [0.29, 0.717) is 25.4 Å². The van der Waals surface area contributed by atoms with Crippen LogP contribution < -0.4 is 16.4 Å². The topological polar surface area (TPSA) is 80.0 Å². The van der Waals surface area contributed by atoms with Crippen LogP contribution in [0.4, 0.5) is 5.82 Å². The van der Waals surface area contributed by atoms with Crippen molar-refractivity contribution in [3.8, 4) is 0 Å². The zero-order valence-electron chi connectivity index (χ0n) is 11.0. The summed E-state index contributed by atoms with van der Waals surface area (Å²) >= 11 is 0. The lowest BCUT2D eigenvalue weighted by Crippen LogP contribution is -2.42. The molecule has 1 rings (SSSR count). The Balaban J connectivity index is 2.16. The molecule has 0 aliphatic carbocycles. The second-order valence-corrected chi connectivity index (χ2v) is 4.67. The van der Waals surface area contributed by atoms with Crippen LogP contribution in [0, 0.1) is 5.92 Å². The highest BCUT2D eigenvalue weighted by Gasteiger charge is 2.13. The number of hydrogen-bond donors (Lipinski definition) is 3. The fourth-order valence-corrected chi connectivity index (χ4v) is 1.59. The van der Waals surface area contributed by atoms with Crippen LogP contribution >= 0.6 is 0 Å². The molecule has 1 aromatic heterocycles. The molecule has 1 heterocycles. The third-order valence-corrected chi connectivity index (χ3v) is 2.46. The van der Waals surface area contributed by atoms with Crippen molar-refractivity contribution in [3.63, 3.8) is 0 Å². The number of anilines is 1. The maximum Gasteiger partial charge on any atom is 0.236 e. The Hall–Kier alpha value is -1.62. The molecule has 0 unspecified atom stereocenters. The predicted octanol–water partition coefficient (Wildman–Crippen LogP) is 0.983. The number of rotatable bonds is 7. The van der Waals surface area contributed by atoms with Crippen LogP contribution in [-0.2, 0) is 4.79 Å². The largest absolute Gasteiger partial charge is 0.368 e. The molecule has 1 atom stereocenters. The van der Waals surface area contributed by atoms with Crippen molar-refractivity contribution in [2.45, 2.75) is 26.3 Å². The third kappa shape index (κ3) is 5.63. The van der Waals surface area contributed by atoms with Crippen LogP contribution in [0.1, 0.15) is 20.3 Å². The zero-order valence-corrected chi connectivity index (χ0v) is 11.0. The number of aromatic nitrogens is 1. The standard InChI is InChI=1S/C13H22N4O/c1-10(2)9-11(14)13(18)17-8-7-16-12-5-3-4-6-15-12/h3-6,10-11H,7-9,14H2,1-2H3,(H,15,16)(H,17,18)/t11-/m0/s1. The molecule has 0 bridgehead atoms. The van der Waals surface area contributed by atoms with Crippen molar-refractivity contribution in [2.75, 3.05) is 18.4 Å². The summed E-state index contributed by atoms with van der Waals surface area (Å²) in [6.45, 7) is 5.28. The minimum Gasteiger partial charge on any atom is -0.368 e. The Morgan fingerprint density at radius 3 is 2.78 bits per heavy atom. The first kappa shape index (κ1) is 14.4. The molecule has 0 aliphatic heterocycles. The van der Waals surface area contributed by atoms with Crippen molar-refractivity contribution in [1.82, 2.24) is 10.3 Å². The fraction of sp³-hybridized carbons (Fsp3) is 0.538. The molecule has 0 radical (unpaired) electrons. The van der Waals surface area contributed by atoms with Gasteiger partial charge in [0.15, 0.2) is 0 Å². The molecule has 4 N–H and O–H groups in total. The first-order valence-electron chi connectivity index (χ1n) is 6.27. The van der Waals surface area contributed by atoms with Gasteiger partial charge in [-0.3, -0.25) is 4.79 Å². The lowest BCUT2D eigenvalue weighted by molar-refractivity contribution is -0.122. The average Bonchev–Trinajstić information content (AvgIpc) is 2.34. The van der Waals surface area contributed by atoms with Crippen LogP contribution in [0.25, 0.3) is 0 Å². The molecule has 0 saturated heterocycles. The summed E-state index contributed by atoms with van der Waals surface area (Å²) in [6.07, 6.45) is 2.43. The van der Waals surface area contributed by atoms with E-state index >= 15 is 0 Å². The van der Waals surface area contributed by atoms with Gasteiger partial charge in [-0.25, -0.2) is 4.98 Å². The summed E-state index contributed by atoms with van der Waals surface area (Å²) in [5, 5.41) is 5.92. The molecule has 5 nitrogen and oxygen atoms in total. The Morgan fingerprint density at radius 2 is 2.17 bits per heavy atom. The summed E-state index contributed by atoms with van der Waals surface area (Å²) in [7, 11) is 0. The van der Waals surface area contributed by atoms with Gasteiger partial charge in [0.25, 0.3) is 0 Å². The van der Waals surface area contributed by atoms with E-state index in [2.05, 4.69) is 29.5 Å².